The third kappa shape index (κ3) is 4.00. The summed E-state index contributed by atoms with van der Waals surface area (Å²) in [6, 6.07) is 9.54. The predicted molar refractivity (Wildman–Crippen MR) is 106 cm³/mol. The number of hydrogen-bond donors (Lipinski definition) is 1. The van der Waals surface area contributed by atoms with Crippen LogP contribution in [0.25, 0.3) is 11.0 Å². The van der Waals surface area contributed by atoms with Gasteiger partial charge in [0.1, 0.15) is 11.3 Å². The first-order valence-electron chi connectivity index (χ1n) is 8.88. The Kier molecular flexibility index (Phi) is 5.54. The first-order chi connectivity index (χ1) is 13.0. The van der Waals surface area contributed by atoms with Gasteiger partial charge in [0.15, 0.2) is 5.65 Å². The first-order valence-corrected chi connectivity index (χ1v) is 8.88. The van der Waals surface area contributed by atoms with E-state index in [2.05, 4.69) is 15.3 Å². The van der Waals surface area contributed by atoms with Crippen molar-refractivity contribution in [3.8, 4) is 5.75 Å². The molecule has 140 valence electrons. The normalized spacial score (nSPS) is 10.7. The number of esters is 1. The molecule has 3 rings (SSSR count). The molecular formula is C21H23N3O3. The van der Waals surface area contributed by atoms with E-state index in [0.717, 1.165) is 34.5 Å². The summed E-state index contributed by atoms with van der Waals surface area (Å²) < 4.78 is 10.6. The van der Waals surface area contributed by atoms with E-state index in [4.69, 9.17) is 9.47 Å². The maximum Gasteiger partial charge on any atom is 0.341 e. The number of nitrogens with one attached hydrogen (secondary N) is 1. The van der Waals surface area contributed by atoms with Gasteiger partial charge in [0.05, 0.1) is 19.4 Å². The predicted octanol–water partition coefficient (Wildman–Crippen LogP) is 4.57. The molecule has 0 amide bonds. The van der Waals surface area contributed by atoms with E-state index in [0.29, 0.717) is 23.5 Å². The molecule has 1 N–H and O–H groups in total. The number of carbonyl (C=O) groups excluding carboxylic acids is 1. The summed E-state index contributed by atoms with van der Waals surface area (Å²) in [5.74, 6) is 0.373. The van der Waals surface area contributed by atoms with Crippen molar-refractivity contribution in [1.82, 2.24) is 9.97 Å². The van der Waals surface area contributed by atoms with Crippen molar-refractivity contribution in [3.63, 3.8) is 0 Å². The lowest BCUT2D eigenvalue weighted by atomic mass is 10.1. The molecule has 0 saturated carbocycles. The number of carbonyl (C=O) groups is 1. The van der Waals surface area contributed by atoms with E-state index < -0.39 is 5.97 Å². The van der Waals surface area contributed by atoms with Crippen molar-refractivity contribution < 1.29 is 14.3 Å². The fourth-order valence-corrected chi connectivity index (χ4v) is 2.77. The summed E-state index contributed by atoms with van der Waals surface area (Å²) in [6.07, 6.45) is 2.28. The molecule has 2 heterocycles. The Labute approximate surface area is 158 Å². The van der Waals surface area contributed by atoms with Crippen LogP contribution in [0.4, 0.5) is 11.4 Å². The number of nitrogens with zero attached hydrogens (tertiary/aromatic N) is 2. The van der Waals surface area contributed by atoms with E-state index >= 15 is 0 Å². The van der Waals surface area contributed by atoms with E-state index in [1.807, 2.05) is 51.1 Å². The number of hydrogen-bond acceptors (Lipinski definition) is 6. The second kappa shape index (κ2) is 8.03. The largest absolute Gasteiger partial charge is 0.497 e. The molecule has 0 bridgehead atoms. The van der Waals surface area contributed by atoms with Gasteiger partial charge in [-0.1, -0.05) is 6.92 Å². The maximum atomic E-state index is 12.6. The van der Waals surface area contributed by atoms with Crippen LogP contribution in [0.2, 0.25) is 0 Å². The summed E-state index contributed by atoms with van der Waals surface area (Å²) in [5.41, 5.74) is 4.33. The molecule has 0 aliphatic heterocycles. The molecular weight excluding hydrogens is 342 g/mol. The monoisotopic (exact) mass is 365 g/mol. The van der Waals surface area contributed by atoms with Crippen molar-refractivity contribution in [1.29, 1.82) is 0 Å². The Hall–Kier alpha value is -3.15. The molecule has 0 aliphatic carbocycles. The van der Waals surface area contributed by atoms with Gasteiger partial charge in [-0.2, -0.15) is 0 Å². The van der Waals surface area contributed by atoms with Crippen molar-refractivity contribution in [2.24, 2.45) is 0 Å². The highest BCUT2D eigenvalue weighted by atomic mass is 16.5. The van der Waals surface area contributed by atoms with E-state index in [1.165, 1.54) is 6.20 Å². The molecule has 6 nitrogen and oxygen atoms in total. The fraction of sp³-hybridized carbons (Fsp3) is 0.286. The van der Waals surface area contributed by atoms with Gasteiger partial charge in [0.25, 0.3) is 0 Å². The number of aryl methyl sites for hydroxylation is 2. The summed E-state index contributed by atoms with van der Waals surface area (Å²) in [7, 11) is 1.63. The lowest BCUT2D eigenvalue weighted by Gasteiger charge is -2.16. The summed E-state index contributed by atoms with van der Waals surface area (Å²) in [5, 5.41) is 4.14. The molecule has 0 atom stereocenters. The Morgan fingerprint density at radius 3 is 2.70 bits per heavy atom. The second-order valence-electron chi connectivity index (χ2n) is 6.31. The highest BCUT2D eigenvalue weighted by Crippen LogP contribution is 2.31. The molecule has 0 aliphatic rings. The van der Waals surface area contributed by atoms with Crippen LogP contribution in [0.3, 0.4) is 0 Å². The van der Waals surface area contributed by atoms with Gasteiger partial charge < -0.3 is 14.8 Å². The molecule has 0 radical (unpaired) electrons. The molecule has 3 aromatic rings. The number of methoxy groups -OCH3 is 1. The minimum Gasteiger partial charge on any atom is -0.497 e. The maximum absolute atomic E-state index is 12.6. The number of aromatic nitrogens is 2. The molecule has 6 heteroatoms. The van der Waals surface area contributed by atoms with E-state index in [-0.39, 0.29) is 0 Å². The Bertz CT molecular complexity index is 986. The Morgan fingerprint density at radius 1 is 1.19 bits per heavy atom. The number of rotatable bonds is 6. The second-order valence-corrected chi connectivity index (χ2v) is 6.31. The van der Waals surface area contributed by atoms with E-state index in [9.17, 15) is 4.79 Å². The molecule has 0 fully saturated rings. The average Bonchev–Trinajstić information content (AvgIpc) is 2.67. The van der Waals surface area contributed by atoms with Gasteiger partial charge in [0, 0.05) is 23.0 Å². The zero-order valence-electron chi connectivity index (χ0n) is 16.0. The van der Waals surface area contributed by atoms with Crippen LogP contribution in [0, 0.1) is 13.8 Å². The number of anilines is 2. The third-order valence-electron chi connectivity index (χ3n) is 4.22. The SMILES string of the molecule is CCCOC(=O)c1cnc2nc(C)ccc2c1Nc1ccc(OC)cc1C. The fourth-order valence-electron chi connectivity index (χ4n) is 2.77. The van der Waals surface area contributed by atoms with Crippen molar-refractivity contribution in [2.75, 3.05) is 19.0 Å². The van der Waals surface area contributed by atoms with Crippen LogP contribution in [0.5, 0.6) is 5.75 Å². The van der Waals surface area contributed by atoms with E-state index in [1.54, 1.807) is 7.11 Å². The highest BCUT2D eigenvalue weighted by molar-refractivity contribution is 6.05. The molecule has 1 aromatic carbocycles. The molecule has 0 unspecified atom stereocenters. The average molecular weight is 365 g/mol. The number of fused-ring (bicyclic) bond motifs is 1. The first kappa shape index (κ1) is 18.6. The number of ether oxygens (including phenoxy) is 2. The summed E-state index contributed by atoms with van der Waals surface area (Å²) in [6.45, 7) is 6.21. The van der Waals surface area contributed by atoms with Crippen molar-refractivity contribution >= 4 is 28.4 Å². The van der Waals surface area contributed by atoms with Crippen molar-refractivity contribution in [3.05, 3.63) is 53.3 Å². The topological polar surface area (TPSA) is 73.3 Å². The molecule has 2 aromatic heterocycles. The number of benzene rings is 1. The van der Waals surface area contributed by atoms with Gasteiger partial charge in [-0.15, -0.1) is 0 Å². The van der Waals surface area contributed by atoms with Crippen LogP contribution >= 0.6 is 0 Å². The smallest absolute Gasteiger partial charge is 0.341 e. The van der Waals surface area contributed by atoms with Gasteiger partial charge in [0.2, 0.25) is 0 Å². The minimum absolute atomic E-state index is 0.365. The lowest BCUT2D eigenvalue weighted by Crippen LogP contribution is -2.10. The zero-order valence-corrected chi connectivity index (χ0v) is 16.0. The van der Waals surface area contributed by atoms with Crippen LogP contribution < -0.4 is 10.1 Å². The minimum atomic E-state index is -0.402. The van der Waals surface area contributed by atoms with Gasteiger partial charge >= 0.3 is 5.97 Å². The quantitative estimate of drug-likeness (QED) is 0.645. The summed E-state index contributed by atoms with van der Waals surface area (Å²) in [4.78, 5) is 21.4. The summed E-state index contributed by atoms with van der Waals surface area (Å²) >= 11 is 0. The van der Waals surface area contributed by atoms with Gasteiger partial charge in [-0.25, -0.2) is 14.8 Å². The van der Waals surface area contributed by atoms with Gasteiger partial charge in [-0.05, 0) is 56.2 Å². The highest BCUT2D eigenvalue weighted by Gasteiger charge is 2.18. The van der Waals surface area contributed by atoms with Crippen LogP contribution in [0.1, 0.15) is 35.0 Å². The van der Waals surface area contributed by atoms with Crippen LogP contribution in [-0.4, -0.2) is 29.7 Å². The van der Waals surface area contributed by atoms with Crippen LogP contribution in [0.15, 0.2) is 36.5 Å². The standard InChI is InChI=1S/C21H23N3O3/c1-5-10-27-21(25)17-12-22-20-16(8-6-14(3)23-20)19(17)24-18-9-7-15(26-4)11-13(18)2/h6-9,11-12H,5,10H2,1-4H3,(H,22,23,24). The van der Waals surface area contributed by atoms with Crippen LogP contribution in [-0.2, 0) is 4.74 Å². The van der Waals surface area contributed by atoms with Crippen molar-refractivity contribution in [2.45, 2.75) is 27.2 Å². The Morgan fingerprint density at radius 2 is 2.00 bits per heavy atom. The zero-order chi connectivity index (χ0) is 19.4. The number of pyridine rings is 2. The third-order valence-corrected chi connectivity index (χ3v) is 4.22. The molecule has 0 saturated heterocycles. The van der Waals surface area contributed by atoms with Gasteiger partial charge in [-0.3, -0.25) is 0 Å². The molecule has 27 heavy (non-hydrogen) atoms. The lowest BCUT2D eigenvalue weighted by molar-refractivity contribution is 0.0506. The Balaban J connectivity index is 2.11. The molecule has 0 spiro atoms.